The number of aryl methyl sites for hydroxylation is 1. The number of rotatable bonds is 10. The topological polar surface area (TPSA) is 112 Å². The zero-order valence-electron chi connectivity index (χ0n) is 23.7. The van der Waals surface area contributed by atoms with Gasteiger partial charge in [-0.2, -0.15) is 0 Å². The lowest BCUT2D eigenvalue weighted by molar-refractivity contribution is -0.111. The van der Waals surface area contributed by atoms with E-state index in [1.165, 1.54) is 0 Å². The molecule has 0 saturated heterocycles. The Morgan fingerprint density at radius 2 is 1.95 bits per heavy atom. The molecule has 0 spiro atoms. The smallest absolute Gasteiger partial charge is 0.300 e. The largest absolute Gasteiger partial charge is 0.494 e. The molecule has 0 unspecified atom stereocenters. The number of hydrogen-bond donors (Lipinski definition) is 3. The van der Waals surface area contributed by atoms with Crippen molar-refractivity contribution in [1.29, 1.82) is 0 Å². The maximum Gasteiger partial charge on any atom is 0.300 e. The van der Waals surface area contributed by atoms with Crippen LogP contribution in [0.25, 0.3) is 16.9 Å². The van der Waals surface area contributed by atoms with Crippen LogP contribution in [0.1, 0.15) is 5.69 Å². The minimum Gasteiger partial charge on any atom is -0.494 e. The first-order chi connectivity index (χ1) is 19.3. The number of methoxy groups -OCH3 is 1. The minimum atomic E-state index is -0.401. The predicted octanol–water partition coefficient (Wildman–Crippen LogP) is 3.01. The standard InChI is InChI=1S/C29H35N9O2/c1-20-9-7-10-24-28(32-19-38(20)24)21-12-13-31-29(34-21)35-23-17-22(33-27(39)11-8-15-36(3)4)25(18-26(23)40-6)37(5)16-14-30-2/h7,9-10,12-13,17-19,30H,14-16H2,1-6H3,(H,33,39)(H,31,34,35). The highest BCUT2D eigenvalue weighted by atomic mass is 16.5. The van der Waals surface area contributed by atoms with Gasteiger partial charge in [-0.3, -0.25) is 9.69 Å². The number of hydrogen-bond acceptors (Lipinski definition) is 9. The van der Waals surface area contributed by atoms with E-state index in [0.717, 1.165) is 29.1 Å². The highest BCUT2D eigenvalue weighted by Crippen LogP contribution is 2.38. The van der Waals surface area contributed by atoms with E-state index < -0.39 is 5.91 Å². The Hall–Kier alpha value is -4.66. The molecule has 0 radical (unpaired) electrons. The third-order valence-electron chi connectivity index (χ3n) is 6.19. The van der Waals surface area contributed by atoms with Crippen molar-refractivity contribution < 1.29 is 9.53 Å². The van der Waals surface area contributed by atoms with Crippen molar-refractivity contribution in [3.05, 3.63) is 54.6 Å². The van der Waals surface area contributed by atoms with Gasteiger partial charge in [-0.25, -0.2) is 15.0 Å². The van der Waals surface area contributed by atoms with E-state index in [1.807, 2.05) is 79.6 Å². The molecule has 4 rings (SSSR count). The first-order valence-electron chi connectivity index (χ1n) is 12.9. The van der Waals surface area contributed by atoms with E-state index in [-0.39, 0.29) is 0 Å². The van der Waals surface area contributed by atoms with E-state index in [2.05, 4.69) is 37.8 Å². The summed E-state index contributed by atoms with van der Waals surface area (Å²) in [6.45, 7) is 3.99. The molecule has 0 fully saturated rings. The molecule has 0 aliphatic heterocycles. The second kappa shape index (κ2) is 12.9. The van der Waals surface area contributed by atoms with Crippen LogP contribution < -0.4 is 25.6 Å². The maximum absolute atomic E-state index is 12.7. The first kappa shape index (κ1) is 28.4. The fourth-order valence-corrected chi connectivity index (χ4v) is 4.11. The summed E-state index contributed by atoms with van der Waals surface area (Å²) in [6, 6.07) is 11.5. The van der Waals surface area contributed by atoms with E-state index >= 15 is 0 Å². The molecule has 40 heavy (non-hydrogen) atoms. The Morgan fingerprint density at radius 1 is 1.12 bits per heavy atom. The summed E-state index contributed by atoms with van der Waals surface area (Å²) in [4.78, 5) is 30.4. The van der Waals surface area contributed by atoms with E-state index in [0.29, 0.717) is 41.9 Å². The molecule has 0 aliphatic carbocycles. The number of fused-ring (bicyclic) bond motifs is 1. The molecule has 1 amide bonds. The third kappa shape index (κ3) is 6.66. The number of pyridine rings is 1. The van der Waals surface area contributed by atoms with Crippen molar-refractivity contribution in [3.63, 3.8) is 0 Å². The van der Waals surface area contributed by atoms with Gasteiger partial charge in [0.15, 0.2) is 0 Å². The Balaban J connectivity index is 1.68. The summed E-state index contributed by atoms with van der Waals surface area (Å²) in [6.07, 6.45) is 3.47. The number of anilines is 4. The number of ether oxygens (including phenoxy) is 1. The lowest BCUT2D eigenvalue weighted by Crippen LogP contribution is -2.28. The molecule has 11 nitrogen and oxygen atoms in total. The first-order valence-corrected chi connectivity index (χ1v) is 12.9. The quantitative estimate of drug-likeness (QED) is 0.261. The number of likely N-dealkylation sites (N-methyl/N-ethyl adjacent to an activating group) is 2. The van der Waals surface area contributed by atoms with E-state index in [1.54, 1.807) is 25.7 Å². The van der Waals surface area contributed by atoms with Crippen LogP contribution in [0.2, 0.25) is 0 Å². The number of carbonyl (C=O) groups is 1. The van der Waals surface area contributed by atoms with E-state index in [4.69, 9.17) is 9.72 Å². The van der Waals surface area contributed by atoms with Crippen LogP contribution in [-0.4, -0.2) is 85.1 Å². The highest BCUT2D eigenvalue weighted by Gasteiger charge is 2.17. The van der Waals surface area contributed by atoms with E-state index in [9.17, 15) is 4.79 Å². The lowest BCUT2D eigenvalue weighted by Gasteiger charge is -2.24. The van der Waals surface area contributed by atoms with Gasteiger partial charge in [-0.1, -0.05) is 12.0 Å². The van der Waals surface area contributed by atoms with Gasteiger partial charge in [0.2, 0.25) is 5.95 Å². The molecule has 4 aromatic rings. The SMILES string of the molecule is CNCCN(C)c1cc(OC)c(Nc2nccc(-c3ncn4c(C)cccc34)n2)cc1NC(=O)C#CCN(C)C. The Labute approximate surface area is 234 Å². The summed E-state index contributed by atoms with van der Waals surface area (Å²) in [5.41, 5.74) is 5.43. The molecule has 11 heteroatoms. The summed E-state index contributed by atoms with van der Waals surface area (Å²) < 4.78 is 7.74. The van der Waals surface area contributed by atoms with Crippen molar-refractivity contribution in [3.8, 4) is 29.0 Å². The molecular formula is C29H35N9O2. The van der Waals surface area contributed by atoms with Gasteiger partial charge in [-0.05, 0) is 58.3 Å². The average Bonchev–Trinajstić information content (AvgIpc) is 3.37. The van der Waals surface area contributed by atoms with Gasteiger partial charge in [0.1, 0.15) is 17.8 Å². The van der Waals surface area contributed by atoms with Crippen LogP contribution in [0.3, 0.4) is 0 Å². The summed E-state index contributed by atoms with van der Waals surface area (Å²) in [5, 5.41) is 9.34. The molecular weight excluding hydrogens is 506 g/mol. The summed E-state index contributed by atoms with van der Waals surface area (Å²) >= 11 is 0. The van der Waals surface area contributed by atoms with Crippen LogP contribution in [0, 0.1) is 18.8 Å². The molecule has 0 atom stereocenters. The van der Waals surface area contributed by atoms with Gasteiger partial charge in [-0.15, -0.1) is 0 Å². The number of carbonyl (C=O) groups excluding carboxylic acids is 1. The number of aromatic nitrogens is 4. The molecule has 208 valence electrons. The fraction of sp³-hybridized carbons (Fsp3) is 0.310. The minimum absolute atomic E-state index is 0.365. The number of imidazole rings is 1. The van der Waals surface area contributed by atoms with Gasteiger partial charge in [0.25, 0.3) is 5.91 Å². The lowest BCUT2D eigenvalue weighted by atomic mass is 10.2. The van der Waals surface area contributed by atoms with Gasteiger partial charge in [0, 0.05) is 38.1 Å². The van der Waals surface area contributed by atoms with Crippen LogP contribution in [-0.2, 0) is 4.79 Å². The van der Waals surface area contributed by atoms with Crippen molar-refractivity contribution in [2.45, 2.75) is 6.92 Å². The molecule has 0 saturated carbocycles. The third-order valence-corrected chi connectivity index (χ3v) is 6.19. The monoisotopic (exact) mass is 541 g/mol. The summed E-state index contributed by atoms with van der Waals surface area (Å²) in [5.74, 6) is 6.06. The van der Waals surface area contributed by atoms with Gasteiger partial charge < -0.3 is 30.0 Å². The van der Waals surface area contributed by atoms with Gasteiger partial charge >= 0.3 is 0 Å². The fourth-order valence-electron chi connectivity index (χ4n) is 4.11. The molecule has 0 aliphatic rings. The highest BCUT2D eigenvalue weighted by molar-refractivity contribution is 6.06. The normalized spacial score (nSPS) is 10.8. The summed E-state index contributed by atoms with van der Waals surface area (Å²) in [7, 11) is 9.24. The van der Waals surface area contributed by atoms with Crippen molar-refractivity contribution in [2.75, 3.05) is 70.5 Å². The average molecular weight is 542 g/mol. The zero-order chi connectivity index (χ0) is 28.6. The Morgan fingerprint density at radius 3 is 2.70 bits per heavy atom. The molecule has 3 aromatic heterocycles. The van der Waals surface area contributed by atoms with Crippen molar-refractivity contribution >= 4 is 34.4 Å². The van der Waals surface area contributed by atoms with Crippen LogP contribution in [0.5, 0.6) is 5.75 Å². The van der Waals surface area contributed by atoms with Crippen LogP contribution >= 0.6 is 0 Å². The van der Waals surface area contributed by atoms with Crippen LogP contribution in [0.4, 0.5) is 23.0 Å². The van der Waals surface area contributed by atoms with Gasteiger partial charge in [0.05, 0.1) is 41.9 Å². The molecule has 3 N–H and O–H groups in total. The van der Waals surface area contributed by atoms with Crippen molar-refractivity contribution in [1.82, 2.24) is 29.6 Å². The second-order valence-electron chi connectivity index (χ2n) is 9.49. The molecule has 3 heterocycles. The number of nitrogens with one attached hydrogen (secondary N) is 3. The van der Waals surface area contributed by atoms with Crippen molar-refractivity contribution in [2.24, 2.45) is 0 Å². The number of benzene rings is 1. The molecule has 1 aromatic carbocycles. The molecule has 0 bridgehead atoms. The van der Waals surface area contributed by atoms with Crippen LogP contribution in [0.15, 0.2) is 48.9 Å². The Bertz CT molecular complexity index is 1550. The zero-order valence-corrected chi connectivity index (χ0v) is 23.7. The predicted molar refractivity (Wildman–Crippen MR) is 159 cm³/mol. The Kier molecular flexibility index (Phi) is 9.16. The maximum atomic E-state index is 12.7. The number of amides is 1. The second-order valence-corrected chi connectivity index (χ2v) is 9.49. The number of nitrogens with zero attached hydrogens (tertiary/aromatic N) is 6.